The summed E-state index contributed by atoms with van der Waals surface area (Å²) in [5.41, 5.74) is 1.99. The van der Waals surface area contributed by atoms with Crippen LogP contribution in [0.15, 0.2) is 53.3 Å². The van der Waals surface area contributed by atoms with Gasteiger partial charge in [0.2, 0.25) is 11.7 Å². The third kappa shape index (κ3) is 4.62. The highest BCUT2D eigenvalue weighted by molar-refractivity contribution is 5.78. The summed E-state index contributed by atoms with van der Waals surface area (Å²) < 4.78 is 11.3. The lowest BCUT2D eigenvalue weighted by Crippen LogP contribution is -2.38. The number of amides is 1. The molecule has 150 valence electrons. The predicted molar refractivity (Wildman–Crippen MR) is 107 cm³/mol. The number of rotatable bonds is 5. The van der Waals surface area contributed by atoms with E-state index in [-0.39, 0.29) is 18.6 Å². The van der Waals surface area contributed by atoms with Crippen molar-refractivity contribution in [3.05, 3.63) is 60.2 Å². The number of hydrogen-bond acceptors (Lipinski definition) is 6. The number of likely N-dealkylation sites (tertiary alicyclic amines) is 1. The van der Waals surface area contributed by atoms with E-state index in [1.54, 1.807) is 12.4 Å². The fraction of sp³-hybridized carbons (Fsp3) is 0.364. The number of carbonyl (C=O) groups excluding carboxylic acids is 1. The number of aromatic nitrogens is 3. The van der Waals surface area contributed by atoms with Gasteiger partial charge in [-0.3, -0.25) is 9.78 Å². The Morgan fingerprint density at radius 2 is 1.93 bits per heavy atom. The molecule has 0 radical (unpaired) electrons. The molecule has 1 fully saturated rings. The molecule has 1 saturated heterocycles. The SMILES string of the molecule is Cc1ccc(OCC(=O)N2CCCCCC2c2nc(-c3ccncc3)no2)cc1. The van der Waals surface area contributed by atoms with Crippen LogP contribution in [0.4, 0.5) is 0 Å². The second-order valence-corrected chi connectivity index (χ2v) is 7.25. The van der Waals surface area contributed by atoms with Gasteiger partial charge in [-0.25, -0.2) is 0 Å². The van der Waals surface area contributed by atoms with Gasteiger partial charge in [-0.05, 0) is 44.0 Å². The molecule has 1 aromatic carbocycles. The average Bonchev–Trinajstić information content (AvgIpc) is 3.11. The summed E-state index contributed by atoms with van der Waals surface area (Å²) in [4.78, 5) is 23.4. The Balaban J connectivity index is 1.49. The molecule has 0 spiro atoms. The van der Waals surface area contributed by atoms with Gasteiger partial charge in [0, 0.05) is 24.5 Å². The molecule has 2 aromatic heterocycles. The number of aryl methyl sites for hydroxylation is 1. The first-order chi connectivity index (χ1) is 14.2. The van der Waals surface area contributed by atoms with Crippen LogP contribution in [0.3, 0.4) is 0 Å². The minimum atomic E-state index is -0.227. The molecule has 0 saturated carbocycles. The summed E-state index contributed by atoms with van der Waals surface area (Å²) in [5.74, 6) is 1.60. The van der Waals surface area contributed by atoms with Crippen molar-refractivity contribution in [1.82, 2.24) is 20.0 Å². The van der Waals surface area contributed by atoms with E-state index < -0.39 is 0 Å². The average molecular weight is 392 g/mol. The minimum Gasteiger partial charge on any atom is -0.484 e. The Kier molecular flexibility index (Phi) is 5.84. The summed E-state index contributed by atoms with van der Waals surface area (Å²) in [6.07, 6.45) is 7.22. The van der Waals surface area contributed by atoms with Gasteiger partial charge in [0.25, 0.3) is 5.91 Å². The van der Waals surface area contributed by atoms with Crippen molar-refractivity contribution in [3.63, 3.8) is 0 Å². The molecule has 3 heterocycles. The monoisotopic (exact) mass is 392 g/mol. The van der Waals surface area contributed by atoms with Crippen molar-refractivity contribution >= 4 is 5.91 Å². The zero-order chi connectivity index (χ0) is 20.1. The Morgan fingerprint density at radius 3 is 2.72 bits per heavy atom. The molecule has 4 rings (SSSR count). The van der Waals surface area contributed by atoms with Crippen molar-refractivity contribution in [2.24, 2.45) is 0 Å². The van der Waals surface area contributed by atoms with Gasteiger partial charge < -0.3 is 14.2 Å². The first kappa shape index (κ1) is 19.1. The van der Waals surface area contributed by atoms with Gasteiger partial charge in [0.15, 0.2) is 6.61 Å². The Labute approximate surface area is 169 Å². The summed E-state index contributed by atoms with van der Waals surface area (Å²) in [7, 11) is 0. The largest absolute Gasteiger partial charge is 0.484 e. The Bertz CT molecular complexity index is 940. The molecular weight excluding hydrogens is 368 g/mol. The van der Waals surface area contributed by atoms with E-state index >= 15 is 0 Å². The normalized spacial score (nSPS) is 17.0. The number of hydrogen-bond donors (Lipinski definition) is 0. The van der Waals surface area contributed by atoms with E-state index in [0.717, 1.165) is 36.8 Å². The maximum absolute atomic E-state index is 13.0. The summed E-state index contributed by atoms with van der Waals surface area (Å²) in [5, 5.41) is 4.10. The van der Waals surface area contributed by atoms with Crippen molar-refractivity contribution < 1.29 is 14.1 Å². The quantitative estimate of drug-likeness (QED) is 0.654. The Morgan fingerprint density at radius 1 is 1.14 bits per heavy atom. The maximum atomic E-state index is 13.0. The molecule has 0 aliphatic carbocycles. The zero-order valence-corrected chi connectivity index (χ0v) is 16.5. The van der Waals surface area contributed by atoms with Gasteiger partial charge in [0.05, 0.1) is 0 Å². The van der Waals surface area contributed by atoms with Crippen LogP contribution < -0.4 is 4.74 Å². The molecular formula is C22H24N4O3. The third-order valence-electron chi connectivity index (χ3n) is 5.12. The van der Waals surface area contributed by atoms with E-state index in [0.29, 0.717) is 24.0 Å². The first-order valence-electron chi connectivity index (χ1n) is 9.93. The summed E-state index contributed by atoms with van der Waals surface area (Å²) in [6, 6.07) is 11.1. The van der Waals surface area contributed by atoms with E-state index in [1.165, 1.54) is 0 Å². The second kappa shape index (κ2) is 8.86. The highest BCUT2D eigenvalue weighted by Gasteiger charge is 2.31. The molecule has 0 bridgehead atoms. The van der Waals surface area contributed by atoms with Crippen molar-refractivity contribution in [2.75, 3.05) is 13.2 Å². The first-order valence-corrected chi connectivity index (χ1v) is 9.93. The molecule has 1 atom stereocenters. The number of nitrogens with zero attached hydrogens (tertiary/aromatic N) is 4. The molecule has 7 nitrogen and oxygen atoms in total. The van der Waals surface area contributed by atoms with Crippen LogP contribution in [0.5, 0.6) is 5.75 Å². The van der Waals surface area contributed by atoms with Crippen molar-refractivity contribution in [1.29, 1.82) is 0 Å². The van der Waals surface area contributed by atoms with E-state index in [4.69, 9.17) is 9.26 Å². The Hall–Kier alpha value is -3.22. The van der Waals surface area contributed by atoms with Crippen LogP contribution in [0, 0.1) is 6.92 Å². The molecule has 1 amide bonds. The number of carbonyl (C=O) groups is 1. The molecule has 1 aliphatic rings. The number of benzene rings is 1. The summed E-state index contributed by atoms with van der Waals surface area (Å²) in [6.45, 7) is 2.67. The number of ether oxygens (including phenoxy) is 1. The molecule has 7 heteroatoms. The highest BCUT2D eigenvalue weighted by atomic mass is 16.5. The minimum absolute atomic E-state index is 0.00902. The predicted octanol–water partition coefficient (Wildman–Crippen LogP) is 3.96. The van der Waals surface area contributed by atoms with E-state index in [9.17, 15) is 4.79 Å². The highest BCUT2D eigenvalue weighted by Crippen LogP contribution is 2.30. The van der Waals surface area contributed by atoms with Gasteiger partial charge >= 0.3 is 0 Å². The molecule has 0 N–H and O–H groups in total. The molecule has 1 unspecified atom stereocenters. The van der Waals surface area contributed by atoms with Gasteiger partial charge in [-0.2, -0.15) is 4.98 Å². The van der Waals surface area contributed by atoms with Crippen LogP contribution >= 0.6 is 0 Å². The third-order valence-corrected chi connectivity index (χ3v) is 5.12. The lowest BCUT2D eigenvalue weighted by Gasteiger charge is -2.27. The fourth-order valence-electron chi connectivity index (χ4n) is 3.51. The van der Waals surface area contributed by atoms with Gasteiger partial charge in [-0.1, -0.05) is 35.7 Å². The van der Waals surface area contributed by atoms with Crippen LogP contribution in [0.1, 0.15) is 43.2 Å². The van der Waals surface area contributed by atoms with E-state index in [2.05, 4.69) is 15.1 Å². The topological polar surface area (TPSA) is 81.4 Å². The zero-order valence-electron chi connectivity index (χ0n) is 16.5. The molecule has 29 heavy (non-hydrogen) atoms. The van der Waals surface area contributed by atoms with Gasteiger partial charge in [0.1, 0.15) is 11.8 Å². The van der Waals surface area contributed by atoms with Crippen LogP contribution in [0.2, 0.25) is 0 Å². The lowest BCUT2D eigenvalue weighted by molar-refractivity contribution is -0.136. The number of pyridine rings is 1. The smallest absolute Gasteiger partial charge is 0.261 e. The van der Waals surface area contributed by atoms with Crippen LogP contribution in [-0.2, 0) is 4.79 Å². The molecule has 3 aromatic rings. The summed E-state index contributed by atoms with van der Waals surface area (Å²) >= 11 is 0. The molecule has 1 aliphatic heterocycles. The maximum Gasteiger partial charge on any atom is 0.261 e. The standard InChI is InChI=1S/C22H24N4O3/c1-16-6-8-18(9-7-16)28-15-20(27)26-14-4-2-3-5-19(26)22-24-21(25-29-22)17-10-12-23-13-11-17/h6-13,19H,2-5,14-15H2,1H3. The second-order valence-electron chi connectivity index (χ2n) is 7.25. The van der Waals surface area contributed by atoms with Gasteiger partial charge in [-0.15, -0.1) is 0 Å². The van der Waals surface area contributed by atoms with Crippen molar-refractivity contribution in [2.45, 2.75) is 38.6 Å². The van der Waals surface area contributed by atoms with Crippen LogP contribution in [-0.4, -0.2) is 39.1 Å². The van der Waals surface area contributed by atoms with E-state index in [1.807, 2.05) is 48.2 Å². The fourth-order valence-corrected chi connectivity index (χ4v) is 3.51. The van der Waals surface area contributed by atoms with Crippen LogP contribution in [0.25, 0.3) is 11.4 Å². The lowest BCUT2D eigenvalue weighted by atomic mass is 10.1. The van der Waals surface area contributed by atoms with Crippen molar-refractivity contribution in [3.8, 4) is 17.1 Å².